The molecule has 0 spiro atoms. The molecule has 0 amide bonds. The zero-order valence-corrected chi connectivity index (χ0v) is 12.2. The molecule has 1 nitrogen and oxygen atoms in total. The van der Waals surface area contributed by atoms with Crippen molar-refractivity contribution in [1.82, 2.24) is 0 Å². The van der Waals surface area contributed by atoms with E-state index in [0.717, 1.165) is 13.0 Å². The van der Waals surface area contributed by atoms with Crippen LogP contribution in [0, 0.1) is 10.8 Å². The monoisotopic (exact) mass is 234 g/mol. The predicted octanol–water partition coefficient (Wildman–Crippen LogP) is 4.84. The van der Waals surface area contributed by atoms with E-state index in [4.69, 9.17) is 4.74 Å². The minimum atomic E-state index is 0.227. The summed E-state index contributed by atoms with van der Waals surface area (Å²) < 4.78 is 5.99. The standard InChI is InChI=1S/C16H26O/c1-15(2,3)12-10-13(16(4,5)6)14-11(12)8-7-9-17-14/h7-10H2,1-6H3. The third-order valence-corrected chi connectivity index (χ3v) is 3.89. The highest BCUT2D eigenvalue weighted by molar-refractivity contribution is 5.48. The SMILES string of the molecule is CC(C)(C)C1=C2CCCOC2=C(C(C)(C)C)C1. The lowest BCUT2D eigenvalue weighted by atomic mass is 9.79. The van der Waals surface area contributed by atoms with Crippen LogP contribution in [-0.2, 0) is 4.74 Å². The van der Waals surface area contributed by atoms with Gasteiger partial charge in [-0.3, -0.25) is 0 Å². The molecule has 2 rings (SSSR count). The quantitative estimate of drug-likeness (QED) is 0.582. The van der Waals surface area contributed by atoms with Crippen LogP contribution in [0.25, 0.3) is 0 Å². The fraction of sp³-hybridized carbons (Fsp3) is 0.750. The highest BCUT2D eigenvalue weighted by Gasteiger charge is 2.37. The first-order valence-corrected chi connectivity index (χ1v) is 6.80. The first-order chi connectivity index (χ1) is 7.71. The number of allylic oxidation sites excluding steroid dienone is 3. The molecule has 1 aliphatic heterocycles. The molecule has 1 saturated heterocycles. The molecular weight excluding hydrogens is 208 g/mol. The summed E-state index contributed by atoms with van der Waals surface area (Å²) in [6.45, 7) is 14.8. The second-order valence-corrected chi connectivity index (χ2v) is 7.39. The molecule has 0 aromatic carbocycles. The summed E-state index contributed by atoms with van der Waals surface area (Å²) in [6.07, 6.45) is 3.51. The number of rotatable bonds is 0. The second-order valence-electron chi connectivity index (χ2n) is 7.39. The van der Waals surface area contributed by atoms with Crippen molar-refractivity contribution in [2.24, 2.45) is 10.8 Å². The Bertz CT molecular complexity index is 345. The van der Waals surface area contributed by atoms with E-state index >= 15 is 0 Å². The number of ether oxygens (including phenoxy) is 1. The average Bonchev–Trinajstić information content (AvgIpc) is 2.55. The van der Waals surface area contributed by atoms with Crippen molar-refractivity contribution in [3.63, 3.8) is 0 Å². The first-order valence-electron chi connectivity index (χ1n) is 6.80. The van der Waals surface area contributed by atoms with Gasteiger partial charge in [0.15, 0.2) is 0 Å². The summed E-state index contributed by atoms with van der Waals surface area (Å²) in [5, 5.41) is 0. The van der Waals surface area contributed by atoms with E-state index < -0.39 is 0 Å². The van der Waals surface area contributed by atoms with Crippen LogP contribution in [-0.4, -0.2) is 6.61 Å². The molecule has 0 unspecified atom stereocenters. The zero-order valence-electron chi connectivity index (χ0n) is 12.2. The van der Waals surface area contributed by atoms with Gasteiger partial charge in [-0.25, -0.2) is 0 Å². The normalized spacial score (nSPS) is 21.8. The van der Waals surface area contributed by atoms with Crippen LogP contribution in [0.2, 0.25) is 0 Å². The maximum atomic E-state index is 5.99. The lowest BCUT2D eigenvalue weighted by Gasteiger charge is -2.25. The van der Waals surface area contributed by atoms with Crippen molar-refractivity contribution in [3.8, 4) is 0 Å². The van der Waals surface area contributed by atoms with Gasteiger partial charge in [0.05, 0.1) is 6.61 Å². The minimum absolute atomic E-state index is 0.227. The number of fused-ring (bicyclic) bond motifs is 1. The van der Waals surface area contributed by atoms with Gasteiger partial charge in [-0.05, 0) is 41.2 Å². The highest BCUT2D eigenvalue weighted by atomic mass is 16.5. The van der Waals surface area contributed by atoms with Crippen LogP contribution in [0.15, 0.2) is 22.5 Å². The van der Waals surface area contributed by atoms with Crippen molar-refractivity contribution < 1.29 is 4.74 Å². The molecule has 0 aromatic rings. The van der Waals surface area contributed by atoms with Crippen molar-refractivity contribution in [3.05, 3.63) is 22.5 Å². The van der Waals surface area contributed by atoms with Crippen LogP contribution < -0.4 is 0 Å². The summed E-state index contributed by atoms with van der Waals surface area (Å²) in [4.78, 5) is 0. The van der Waals surface area contributed by atoms with Crippen LogP contribution >= 0.6 is 0 Å². The van der Waals surface area contributed by atoms with Gasteiger partial charge in [0.25, 0.3) is 0 Å². The fourth-order valence-corrected chi connectivity index (χ4v) is 2.87. The Kier molecular flexibility index (Phi) is 2.92. The van der Waals surface area contributed by atoms with Crippen LogP contribution in [0.3, 0.4) is 0 Å². The number of hydrogen-bond donors (Lipinski definition) is 0. The summed E-state index contributed by atoms with van der Waals surface area (Å²) in [7, 11) is 0. The van der Waals surface area contributed by atoms with Gasteiger partial charge in [0, 0.05) is 0 Å². The third-order valence-electron chi connectivity index (χ3n) is 3.89. The lowest BCUT2D eigenvalue weighted by molar-refractivity contribution is 0.186. The molecule has 17 heavy (non-hydrogen) atoms. The average molecular weight is 234 g/mol. The Labute approximate surface area is 106 Å². The minimum Gasteiger partial charge on any atom is -0.493 e. The van der Waals surface area contributed by atoms with Crippen molar-refractivity contribution >= 4 is 0 Å². The molecule has 96 valence electrons. The van der Waals surface area contributed by atoms with E-state index in [9.17, 15) is 0 Å². The van der Waals surface area contributed by atoms with Gasteiger partial charge < -0.3 is 4.74 Å². The Morgan fingerprint density at radius 2 is 1.47 bits per heavy atom. The van der Waals surface area contributed by atoms with Gasteiger partial charge in [-0.1, -0.05) is 47.1 Å². The molecular formula is C16H26O. The Balaban J connectivity index is 2.44. The molecule has 2 aliphatic rings. The first kappa shape index (κ1) is 12.7. The molecule has 1 fully saturated rings. The molecule has 0 atom stereocenters. The van der Waals surface area contributed by atoms with Gasteiger partial charge in [0.2, 0.25) is 0 Å². The summed E-state index contributed by atoms with van der Waals surface area (Å²) in [5.41, 5.74) is 5.14. The van der Waals surface area contributed by atoms with Gasteiger partial charge in [0.1, 0.15) is 5.76 Å². The van der Waals surface area contributed by atoms with Crippen LogP contribution in [0.1, 0.15) is 60.8 Å². The molecule has 0 saturated carbocycles. The largest absolute Gasteiger partial charge is 0.493 e. The van der Waals surface area contributed by atoms with Crippen LogP contribution in [0.4, 0.5) is 0 Å². The molecule has 0 bridgehead atoms. The van der Waals surface area contributed by atoms with Gasteiger partial charge in [-0.2, -0.15) is 0 Å². The molecule has 1 heterocycles. The number of hydrogen-bond acceptors (Lipinski definition) is 1. The Hall–Kier alpha value is -0.720. The smallest absolute Gasteiger partial charge is 0.122 e. The Morgan fingerprint density at radius 1 is 0.882 bits per heavy atom. The topological polar surface area (TPSA) is 9.23 Å². The summed E-state index contributed by atoms with van der Waals surface area (Å²) in [6, 6.07) is 0. The summed E-state index contributed by atoms with van der Waals surface area (Å²) in [5.74, 6) is 1.24. The van der Waals surface area contributed by atoms with E-state index in [0.29, 0.717) is 0 Å². The Morgan fingerprint density at radius 3 is 2.00 bits per heavy atom. The van der Waals surface area contributed by atoms with Gasteiger partial charge >= 0.3 is 0 Å². The van der Waals surface area contributed by atoms with E-state index in [1.807, 2.05) is 0 Å². The second kappa shape index (κ2) is 3.90. The fourth-order valence-electron chi connectivity index (χ4n) is 2.87. The summed E-state index contributed by atoms with van der Waals surface area (Å²) >= 11 is 0. The maximum Gasteiger partial charge on any atom is 0.122 e. The van der Waals surface area contributed by atoms with Crippen LogP contribution in [0.5, 0.6) is 0 Å². The predicted molar refractivity (Wildman–Crippen MR) is 72.8 cm³/mol. The van der Waals surface area contributed by atoms with Crippen molar-refractivity contribution in [1.29, 1.82) is 0 Å². The molecule has 1 heteroatoms. The highest BCUT2D eigenvalue weighted by Crippen LogP contribution is 2.50. The van der Waals surface area contributed by atoms with E-state index in [1.54, 1.807) is 5.57 Å². The molecule has 0 N–H and O–H groups in total. The molecule has 0 radical (unpaired) electrons. The van der Waals surface area contributed by atoms with Crippen molar-refractivity contribution in [2.75, 3.05) is 6.61 Å². The van der Waals surface area contributed by atoms with E-state index in [-0.39, 0.29) is 10.8 Å². The van der Waals surface area contributed by atoms with Gasteiger partial charge in [-0.15, -0.1) is 0 Å². The third kappa shape index (κ3) is 2.29. The van der Waals surface area contributed by atoms with Crippen molar-refractivity contribution in [2.45, 2.75) is 60.8 Å². The lowest BCUT2D eigenvalue weighted by Crippen LogP contribution is -2.13. The van der Waals surface area contributed by atoms with E-state index in [2.05, 4.69) is 41.5 Å². The maximum absolute atomic E-state index is 5.99. The van der Waals surface area contributed by atoms with E-state index in [1.165, 1.54) is 29.7 Å². The zero-order chi connectivity index (χ0) is 12.8. The molecule has 1 aliphatic carbocycles. The molecule has 0 aromatic heterocycles.